The van der Waals surface area contributed by atoms with Gasteiger partial charge in [-0.15, -0.1) is 0 Å². The molecule has 0 N–H and O–H groups in total. The Bertz CT molecular complexity index is 1380. The number of hydrogen-bond acceptors (Lipinski definition) is 4. The third-order valence-corrected chi connectivity index (χ3v) is 9.56. The number of carbonyl (C=O) groups is 1. The maximum absolute atomic E-state index is 13.3. The maximum Gasteiger partial charge on any atom is 0.225 e. The normalized spacial score (nSPS) is 16.2. The zero-order valence-electron chi connectivity index (χ0n) is 23.0. The van der Waals surface area contributed by atoms with Crippen molar-refractivity contribution in [1.29, 1.82) is 0 Å². The lowest BCUT2D eigenvalue weighted by Gasteiger charge is -2.36. The highest BCUT2D eigenvalue weighted by Gasteiger charge is 2.33. The largest absolute Gasteiger partial charge is 0.493 e. The van der Waals surface area contributed by atoms with Crippen LogP contribution >= 0.6 is 0 Å². The van der Waals surface area contributed by atoms with Crippen molar-refractivity contribution in [3.05, 3.63) is 59.8 Å². The predicted molar refractivity (Wildman–Crippen MR) is 149 cm³/mol. The Kier molecular flexibility index (Phi) is 7.75. The molecule has 37 heavy (non-hydrogen) atoms. The van der Waals surface area contributed by atoms with Gasteiger partial charge < -0.3 is 14.2 Å². The quantitative estimate of drug-likeness (QED) is 0.384. The molecule has 1 saturated heterocycles. The fourth-order valence-electron chi connectivity index (χ4n) is 5.22. The minimum atomic E-state index is -3.58. The molecular weight excluding hydrogens is 484 g/mol. The Morgan fingerprint density at radius 2 is 1.78 bits per heavy atom. The molecule has 0 spiro atoms. The van der Waals surface area contributed by atoms with Crippen molar-refractivity contribution in [2.45, 2.75) is 64.0 Å². The molecule has 0 unspecified atom stereocenters. The van der Waals surface area contributed by atoms with Crippen LogP contribution in [0, 0.1) is 11.3 Å². The number of aryl methyl sites for hydroxylation is 1. The molecule has 1 amide bonds. The van der Waals surface area contributed by atoms with Crippen LogP contribution in [0.3, 0.4) is 0 Å². The van der Waals surface area contributed by atoms with Crippen molar-refractivity contribution in [3.63, 3.8) is 0 Å². The van der Waals surface area contributed by atoms with Gasteiger partial charge in [-0.3, -0.25) is 4.79 Å². The number of amides is 1. The van der Waals surface area contributed by atoms with Crippen LogP contribution in [-0.4, -0.2) is 43.5 Å². The van der Waals surface area contributed by atoms with Crippen molar-refractivity contribution in [2.75, 3.05) is 19.7 Å². The van der Waals surface area contributed by atoms with E-state index in [2.05, 4.69) is 31.5 Å². The molecule has 0 bridgehead atoms. The molecule has 0 saturated carbocycles. The lowest BCUT2D eigenvalue weighted by atomic mass is 9.80. The van der Waals surface area contributed by atoms with Crippen LogP contribution in [0.5, 0.6) is 5.75 Å². The first-order chi connectivity index (χ1) is 17.4. The summed E-state index contributed by atoms with van der Waals surface area (Å²) in [7, 11) is -1.55. The number of piperidine rings is 1. The van der Waals surface area contributed by atoms with Crippen LogP contribution in [-0.2, 0) is 27.4 Å². The molecule has 1 aliphatic rings. The smallest absolute Gasteiger partial charge is 0.225 e. The van der Waals surface area contributed by atoms with Gasteiger partial charge in [0.05, 0.1) is 12.4 Å². The molecule has 1 fully saturated rings. The number of benzene rings is 2. The van der Waals surface area contributed by atoms with Crippen LogP contribution in [0.1, 0.15) is 64.5 Å². The minimum Gasteiger partial charge on any atom is -0.493 e. The summed E-state index contributed by atoms with van der Waals surface area (Å²) in [6.07, 6.45) is 3.99. The molecule has 0 aliphatic carbocycles. The maximum atomic E-state index is 13.3. The third kappa shape index (κ3) is 5.71. The van der Waals surface area contributed by atoms with Gasteiger partial charge in [-0.05, 0) is 66.5 Å². The highest BCUT2D eigenvalue weighted by Crippen LogP contribution is 2.37. The van der Waals surface area contributed by atoms with Gasteiger partial charge in [0.2, 0.25) is 5.91 Å². The SMILES string of the molecule is CCOc1ccccc1S(=O)(=O)Cc1ccc2c(c1)c(C1CCN(C(=O)[C@H](C)C(C)(C)C)CC1)cn2C. The number of para-hydroxylation sites is 1. The van der Waals surface area contributed by atoms with E-state index in [1.807, 2.05) is 44.0 Å². The molecule has 2 heterocycles. The standard InChI is InChI=1S/C30H40N2O4S/c1-7-36-27-10-8-9-11-28(27)37(34,35)20-22-12-13-26-24(18-22)25(19-31(26)6)23-14-16-32(17-15-23)29(33)21(2)30(3,4)5/h8-13,18-19,21,23H,7,14-17,20H2,1-6H3/t21-/m0/s1. The molecule has 3 aromatic rings. The highest BCUT2D eigenvalue weighted by molar-refractivity contribution is 7.90. The van der Waals surface area contributed by atoms with Crippen molar-refractivity contribution in [1.82, 2.24) is 9.47 Å². The van der Waals surface area contributed by atoms with E-state index < -0.39 is 9.84 Å². The van der Waals surface area contributed by atoms with E-state index >= 15 is 0 Å². The van der Waals surface area contributed by atoms with E-state index in [4.69, 9.17) is 4.74 Å². The highest BCUT2D eigenvalue weighted by atomic mass is 32.2. The Morgan fingerprint density at radius 3 is 2.43 bits per heavy atom. The van der Waals surface area contributed by atoms with Gasteiger partial charge in [-0.1, -0.05) is 45.9 Å². The molecule has 200 valence electrons. The van der Waals surface area contributed by atoms with Gasteiger partial charge >= 0.3 is 0 Å². The Morgan fingerprint density at radius 1 is 1.11 bits per heavy atom. The van der Waals surface area contributed by atoms with Crippen LogP contribution in [0.2, 0.25) is 0 Å². The number of likely N-dealkylation sites (tertiary alicyclic amines) is 1. The van der Waals surface area contributed by atoms with Crippen molar-refractivity contribution < 1.29 is 17.9 Å². The van der Waals surface area contributed by atoms with E-state index in [0.717, 1.165) is 42.4 Å². The first kappa shape index (κ1) is 27.2. The number of hydrogen-bond donors (Lipinski definition) is 0. The molecule has 1 aliphatic heterocycles. The van der Waals surface area contributed by atoms with Gasteiger partial charge in [-0.25, -0.2) is 8.42 Å². The first-order valence-electron chi connectivity index (χ1n) is 13.2. The van der Waals surface area contributed by atoms with E-state index in [9.17, 15) is 13.2 Å². The number of sulfone groups is 1. The topological polar surface area (TPSA) is 68.6 Å². The number of carbonyl (C=O) groups excluding carboxylic acids is 1. The van der Waals surface area contributed by atoms with Crippen molar-refractivity contribution in [3.8, 4) is 5.75 Å². The van der Waals surface area contributed by atoms with Gasteiger partial charge in [0, 0.05) is 43.2 Å². The zero-order valence-corrected chi connectivity index (χ0v) is 23.8. The predicted octanol–water partition coefficient (Wildman–Crippen LogP) is 5.94. The lowest BCUT2D eigenvalue weighted by molar-refractivity contribution is -0.139. The second kappa shape index (κ2) is 10.5. The van der Waals surface area contributed by atoms with Crippen molar-refractivity contribution in [2.24, 2.45) is 18.4 Å². The summed E-state index contributed by atoms with van der Waals surface area (Å²) in [6, 6.07) is 12.8. The average molecular weight is 525 g/mol. The summed E-state index contributed by atoms with van der Waals surface area (Å²) >= 11 is 0. The Labute approximate surface area is 221 Å². The van der Waals surface area contributed by atoms with Gasteiger partial charge in [-0.2, -0.15) is 0 Å². The van der Waals surface area contributed by atoms with Crippen LogP contribution in [0.4, 0.5) is 0 Å². The number of ether oxygens (including phenoxy) is 1. The molecule has 0 radical (unpaired) electrons. The number of nitrogens with zero attached hydrogens (tertiary/aromatic N) is 2. The zero-order chi connectivity index (χ0) is 27.0. The molecule has 7 heteroatoms. The molecule has 2 aromatic carbocycles. The molecule has 1 aromatic heterocycles. The third-order valence-electron chi connectivity index (χ3n) is 7.84. The molecule has 6 nitrogen and oxygen atoms in total. The summed E-state index contributed by atoms with van der Waals surface area (Å²) in [5, 5.41) is 1.10. The van der Waals surface area contributed by atoms with Crippen LogP contribution < -0.4 is 4.74 Å². The monoisotopic (exact) mass is 524 g/mol. The Hall–Kier alpha value is -2.80. The van der Waals surface area contributed by atoms with E-state index in [0.29, 0.717) is 18.3 Å². The summed E-state index contributed by atoms with van der Waals surface area (Å²) in [4.78, 5) is 15.3. The average Bonchev–Trinajstić information content (AvgIpc) is 3.18. The summed E-state index contributed by atoms with van der Waals surface area (Å²) in [5.41, 5.74) is 3.04. The summed E-state index contributed by atoms with van der Waals surface area (Å²) in [6.45, 7) is 12.1. The number of aromatic nitrogens is 1. The van der Waals surface area contributed by atoms with Crippen LogP contribution in [0.25, 0.3) is 10.9 Å². The molecule has 1 atom stereocenters. The fourth-order valence-corrected chi connectivity index (χ4v) is 6.71. The van der Waals surface area contributed by atoms with Gasteiger partial charge in [0.1, 0.15) is 10.6 Å². The van der Waals surface area contributed by atoms with Gasteiger partial charge in [0.25, 0.3) is 0 Å². The van der Waals surface area contributed by atoms with Crippen LogP contribution in [0.15, 0.2) is 53.6 Å². The fraction of sp³-hybridized carbons (Fsp3) is 0.500. The second-order valence-electron chi connectivity index (χ2n) is 11.4. The summed E-state index contributed by atoms with van der Waals surface area (Å²) < 4.78 is 34.4. The second-order valence-corrected chi connectivity index (χ2v) is 13.3. The number of fused-ring (bicyclic) bond motifs is 1. The van der Waals surface area contributed by atoms with E-state index in [1.165, 1.54) is 5.56 Å². The Balaban J connectivity index is 1.56. The molecule has 4 rings (SSSR count). The molecular formula is C30H40N2O4S. The van der Waals surface area contributed by atoms with E-state index in [-0.39, 0.29) is 27.9 Å². The summed E-state index contributed by atoms with van der Waals surface area (Å²) in [5.74, 6) is 0.874. The first-order valence-corrected chi connectivity index (χ1v) is 14.9. The number of rotatable bonds is 7. The van der Waals surface area contributed by atoms with E-state index in [1.54, 1.807) is 24.3 Å². The van der Waals surface area contributed by atoms with Gasteiger partial charge in [0.15, 0.2) is 9.84 Å². The minimum absolute atomic E-state index is 0.0148. The lowest BCUT2D eigenvalue weighted by Crippen LogP contribution is -2.43. The van der Waals surface area contributed by atoms with Crippen molar-refractivity contribution >= 4 is 26.6 Å².